The fourth-order valence-corrected chi connectivity index (χ4v) is 3.72. The third kappa shape index (κ3) is 4.54. The van der Waals surface area contributed by atoms with Crippen molar-refractivity contribution in [3.63, 3.8) is 0 Å². The molecule has 0 spiro atoms. The molecule has 4 aromatic rings. The summed E-state index contributed by atoms with van der Waals surface area (Å²) in [5, 5.41) is 4.10. The van der Waals surface area contributed by atoms with E-state index in [1.54, 1.807) is 11.8 Å². The van der Waals surface area contributed by atoms with Crippen LogP contribution in [0.2, 0.25) is 0 Å². The summed E-state index contributed by atoms with van der Waals surface area (Å²) >= 11 is 1.60. The summed E-state index contributed by atoms with van der Waals surface area (Å²) in [6.07, 6.45) is 1.01. The molecule has 0 radical (unpaired) electrons. The smallest absolute Gasteiger partial charge is 0.192 e. The lowest BCUT2D eigenvalue weighted by Gasteiger charge is -2.11. The molecule has 0 saturated carbocycles. The van der Waals surface area contributed by atoms with E-state index in [9.17, 15) is 0 Å². The van der Waals surface area contributed by atoms with Crippen LogP contribution in [0.5, 0.6) is 0 Å². The van der Waals surface area contributed by atoms with Gasteiger partial charge in [-0.15, -0.1) is 0 Å². The molecule has 0 aliphatic rings. The Labute approximate surface area is 175 Å². The Morgan fingerprint density at radius 1 is 0.793 bits per heavy atom. The van der Waals surface area contributed by atoms with Crippen molar-refractivity contribution in [1.82, 2.24) is 19.9 Å². The summed E-state index contributed by atoms with van der Waals surface area (Å²) in [4.78, 5) is 18.8. The van der Waals surface area contributed by atoms with Crippen LogP contribution in [0.25, 0.3) is 11.2 Å². The van der Waals surface area contributed by atoms with Crippen molar-refractivity contribution in [2.75, 3.05) is 5.32 Å². The van der Waals surface area contributed by atoms with E-state index in [1.807, 2.05) is 32.0 Å². The third-order valence-electron chi connectivity index (χ3n) is 4.76. The first-order valence-electron chi connectivity index (χ1n) is 9.68. The molecule has 1 N–H and O–H groups in total. The first-order valence-corrected chi connectivity index (χ1v) is 10.7. The van der Waals surface area contributed by atoms with Crippen molar-refractivity contribution in [1.29, 1.82) is 0 Å². The number of benzene rings is 2. The van der Waals surface area contributed by atoms with Crippen LogP contribution in [-0.4, -0.2) is 19.9 Å². The monoisotopic (exact) mass is 401 g/mol. The number of nitrogens with one attached hydrogen (secondary N) is 1. The van der Waals surface area contributed by atoms with Crippen LogP contribution in [0, 0.1) is 13.8 Å². The van der Waals surface area contributed by atoms with Crippen molar-refractivity contribution in [2.24, 2.45) is 0 Å². The summed E-state index contributed by atoms with van der Waals surface area (Å²) in [6, 6.07) is 18.7. The van der Waals surface area contributed by atoms with Crippen LogP contribution in [0.4, 0.5) is 11.5 Å². The molecule has 4 rings (SSSR count). The predicted octanol–water partition coefficient (Wildman–Crippen LogP) is 5.63. The molecule has 0 fully saturated rings. The quantitative estimate of drug-likeness (QED) is 0.333. The van der Waals surface area contributed by atoms with Gasteiger partial charge in [0.2, 0.25) is 0 Å². The first kappa shape index (κ1) is 19.3. The van der Waals surface area contributed by atoms with Crippen LogP contribution in [0.1, 0.15) is 29.4 Å². The second kappa shape index (κ2) is 8.57. The second-order valence-electron chi connectivity index (χ2n) is 6.87. The molecular formula is C23H23N5S. The van der Waals surface area contributed by atoms with E-state index in [0.29, 0.717) is 22.1 Å². The van der Waals surface area contributed by atoms with Crippen LogP contribution >= 0.6 is 11.8 Å². The van der Waals surface area contributed by atoms with E-state index < -0.39 is 0 Å². The Bertz CT molecular complexity index is 1130. The Balaban J connectivity index is 1.70. The number of aromatic nitrogens is 4. The number of fused-ring (bicyclic) bond motifs is 1. The van der Waals surface area contributed by atoms with Crippen LogP contribution < -0.4 is 5.32 Å². The van der Waals surface area contributed by atoms with Gasteiger partial charge in [-0.2, -0.15) is 0 Å². The van der Waals surface area contributed by atoms with E-state index in [1.165, 1.54) is 11.1 Å². The van der Waals surface area contributed by atoms with Gasteiger partial charge in [0.25, 0.3) is 0 Å². The zero-order chi connectivity index (χ0) is 20.2. The molecule has 2 aromatic carbocycles. The van der Waals surface area contributed by atoms with E-state index >= 15 is 0 Å². The average molecular weight is 402 g/mol. The lowest BCUT2D eigenvalue weighted by Crippen LogP contribution is -2.04. The van der Waals surface area contributed by atoms with Crippen LogP contribution in [0.15, 0.2) is 59.8 Å². The number of hydrogen-bond acceptors (Lipinski definition) is 6. The Hall–Kier alpha value is -2.99. The summed E-state index contributed by atoms with van der Waals surface area (Å²) in [5.41, 5.74) is 6.58. The largest absolute Gasteiger partial charge is 0.338 e. The highest BCUT2D eigenvalue weighted by atomic mass is 32.2. The summed E-state index contributed by atoms with van der Waals surface area (Å²) < 4.78 is 0. The molecule has 2 heterocycles. The zero-order valence-electron chi connectivity index (χ0n) is 16.8. The standard InChI is InChI=1S/C23H23N5S/c1-4-17-10-12-19(13-11-17)26-22-20-21(25-16(3)15(2)24-20)27-23(28-22)29-14-18-8-6-5-7-9-18/h5-13H,4,14H2,1-3H3,(H,25,26,27,28). The second-order valence-corrected chi connectivity index (χ2v) is 7.81. The fourth-order valence-electron chi connectivity index (χ4n) is 2.93. The molecule has 29 heavy (non-hydrogen) atoms. The molecule has 5 nitrogen and oxygen atoms in total. The number of rotatable bonds is 6. The van der Waals surface area contributed by atoms with Gasteiger partial charge in [0.1, 0.15) is 0 Å². The van der Waals surface area contributed by atoms with Gasteiger partial charge in [-0.25, -0.2) is 19.9 Å². The average Bonchev–Trinajstić information content (AvgIpc) is 2.75. The Morgan fingerprint density at radius 3 is 2.24 bits per heavy atom. The van der Waals surface area contributed by atoms with Gasteiger partial charge in [-0.3, -0.25) is 0 Å². The highest BCUT2D eigenvalue weighted by Crippen LogP contribution is 2.27. The highest BCUT2D eigenvalue weighted by molar-refractivity contribution is 7.98. The van der Waals surface area contributed by atoms with Gasteiger partial charge >= 0.3 is 0 Å². The van der Waals surface area contributed by atoms with E-state index in [4.69, 9.17) is 9.97 Å². The van der Waals surface area contributed by atoms with Gasteiger partial charge in [0.05, 0.1) is 11.4 Å². The molecule has 6 heteroatoms. The van der Waals surface area contributed by atoms with Crippen molar-refractivity contribution in [3.05, 3.63) is 77.1 Å². The topological polar surface area (TPSA) is 63.6 Å². The summed E-state index contributed by atoms with van der Waals surface area (Å²) in [7, 11) is 0. The highest BCUT2D eigenvalue weighted by Gasteiger charge is 2.13. The van der Waals surface area contributed by atoms with Crippen molar-refractivity contribution < 1.29 is 0 Å². The molecule has 0 amide bonds. The van der Waals surface area contributed by atoms with E-state index in [-0.39, 0.29) is 0 Å². The molecular weight excluding hydrogens is 378 g/mol. The molecule has 0 aliphatic heterocycles. The number of anilines is 2. The van der Waals surface area contributed by atoms with Crippen molar-refractivity contribution in [2.45, 2.75) is 38.1 Å². The molecule has 0 atom stereocenters. The maximum atomic E-state index is 4.76. The van der Waals surface area contributed by atoms with Gasteiger partial charge < -0.3 is 5.32 Å². The Kier molecular flexibility index (Phi) is 5.71. The van der Waals surface area contributed by atoms with E-state index in [0.717, 1.165) is 29.2 Å². The minimum atomic E-state index is 0.617. The molecule has 146 valence electrons. The predicted molar refractivity (Wildman–Crippen MR) is 120 cm³/mol. The van der Waals surface area contributed by atoms with Gasteiger partial charge in [0, 0.05) is 11.4 Å². The lowest BCUT2D eigenvalue weighted by molar-refractivity contribution is 0.965. The number of aryl methyl sites for hydroxylation is 3. The molecule has 0 bridgehead atoms. The normalized spacial score (nSPS) is 11.0. The zero-order valence-corrected chi connectivity index (χ0v) is 17.6. The first-order chi connectivity index (χ1) is 14.1. The number of nitrogens with zero attached hydrogens (tertiary/aromatic N) is 4. The van der Waals surface area contributed by atoms with Gasteiger partial charge in [-0.05, 0) is 43.5 Å². The van der Waals surface area contributed by atoms with Crippen LogP contribution in [0.3, 0.4) is 0 Å². The summed E-state index contributed by atoms with van der Waals surface area (Å²) in [6.45, 7) is 6.06. The van der Waals surface area contributed by atoms with E-state index in [2.05, 4.69) is 58.6 Å². The minimum Gasteiger partial charge on any atom is -0.338 e. The molecule has 0 unspecified atom stereocenters. The molecule has 2 aromatic heterocycles. The summed E-state index contributed by atoms with van der Waals surface area (Å²) in [5.74, 6) is 1.49. The Morgan fingerprint density at radius 2 is 1.52 bits per heavy atom. The number of hydrogen-bond donors (Lipinski definition) is 1. The van der Waals surface area contributed by atoms with Gasteiger partial charge in [-0.1, -0.05) is 61.2 Å². The number of thioether (sulfide) groups is 1. The third-order valence-corrected chi connectivity index (χ3v) is 5.68. The maximum Gasteiger partial charge on any atom is 0.192 e. The van der Waals surface area contributed by atoms with Crippen molar-refractivity contribution in [3.8, 4) is 0 Å². The van der Waals surface area contributed by atoms with Crippen LogP contribution in [-0.2, 0) is 12.2 Å². The fraction of sp³-hybridized carbons (Fsp3) is 0.217. The lowest BCUT2D eigenvalue weighted by atomic mass is 10.1. The molecule has 0 aliphatic carbocycles. The molecule has 0 saturated heterocycles. The minimum absolute atomic E-state index is 0.617. The van der Waals surface area contributed by atoms with Gasteiger partial charge in [0.15, 0.2) is 22.1 Å². The maximum absolute atomic E-state index is 4.76. The SMILES string of the molecule is CCc1ccc(Nc2nc(SCc3ccccc3)nc3nc(C)c(C)nc23)cc1. The van der Waals surface area contributed by atoms with Crippen molar-refractivity contribution >= 4 is 34.4 Å².